The van der Waals surface area contributed by atoms with Crippen molar-refractivity contribution in [2.45, 2.75) is 12.8 Å². The molecule has 0 saturated carbocycles. The van der Waals surface area contributed by atoms with Crippen molar-refractivity contribution in [3.8, 4) is 17.6 Å². The third kappa shape index (κ3) is 4.32. The lowest BCUT2D eigenvalue weighted by Gasteiger charge is -2.25. The Balaban J connectivity index is 2.07. The first-order chi connectivity index (χ1) is 16.9. The molecule has 0 aliphatic carbocycles. The summed E-state index contributed by atoms with van der Waals surface area (Å²) in [6.45, 7) is 1.83. The van der Waals surface area contributed by atoms with E-state index in [0.717, 1.165) is 16.9 Å². The summed E-state index contributed by atoms with van der Waals surface area (Å²) in [6.07, 6.45) is 1.70. The molecule has 0 radical (unpaired) electrons. The molecule has 3 aromatic rings. The minimum absolute atomic E-state index is 0.0186. The highest BCUT2D eigenvalue weighted by atomic mass is 32.1. The lowest BCUT2D eigenvalue weighted by molar-refractivity contribution is -0.136. The van der Waals surface area contributed by atoms with Crippen molar-refractivity contribution in [3.63, 3.8) is 0 Å². The van der Waals surface area contributed by atoms with Gasteiger partial charge in [0.25, 0.3) is 5.56 Å². The van der Waals surface area contributed by atoms with Gasteiger partial charge >= 0.3 is 5.97 Å². The zero-order valence-corrected chi connectivity index (χ0v) is 20.2. The van der Waals surface area contributed by atoms with Crippen LogP contribution in [0.4, 0.5) is 0 Å². The van der Waals surface area contributed by atoms with E-state index in [1.54, 1.807) is 56.5 Å². The number of fused-ring (bicyclic) bond motifs is 1. The van der Waals surface area contributed by atoms with Crippen LogP contribution in [0.1, 0.15) is 24.0 Å². The first kappa shape index (κ1) is 23.9. The number of methoxy groups -OCH3 is 2. The largest absolute Gasteiger partial charge is 0.497 e. The molecular weight excluding hydrogens is 466 g/mol. The van der Waals surface area contributed by atoms with Crippen molar-refractivity contribution in [2.24, 2.45) is 5.73 Å². The van der Waals surface area contributed by atoms with E-state index < -0.39 is 17.4 Å². The molecule has 2 heterocycles. The number of nitrogens with zero attached hydrogens (tertiary/aromatic N) is 2. The summed E-state index contributed by atoms with van der Waals surface area (Å²) in [5.41, 5.74) is 7.59. The normalized spacial score (nSPS) is 15.4. The van der Waals surface area contributed by atoms with Gasteiger partial charge in [-0.25, -0.2) is 4.79 Å². The van der Waals surface area contributed by atoms with Crippen LogP contribution in [-0.2, 0) is 9.53 Å². The number of allylic oxidation sites excluding steroid dienone is 1. The minimum atomic E-state index is -0.822. The van der Waals surface area contributed by atoms with E-state index in [0.29, 0.717) is 26.3 Å². The second-order valence-electron chi connectivity index (χ2n) is 7.59. The van der Waals surface area contributed by atoms with E-state index in [4.69, 9.17) is 19.9 Å². The van der Waals surface area contributed by atoms with Crippen molar-refractivity contribution in [3.05, 3.63) is 84.8 Å². The number of rotatable bonds is 6. The fourth-order valence-electron chi connectivity index (χ4n) is 3.99. The summed E-state index contributed by atoms with van der Waals surface area (Å²) < 4.78 is 17.9. The lowest BCUT2D eigenvalue weighted by Crippen LogP contribution is -2.40. The number of carbonyl (C=O) groups excluding carboxylic acids is 1. The Labute approximate surface area is 205 Å². The smallest absolute Gasteiger partial charge is 0.338 e. The monoisotopic (exact) mass is 489 g/mol. The van der Waals surface area contributed by atoms with Crippen LogP contribution in [0.25, 0.3) is 17.5 Å². The average molecular weight is 490 g/mol. The topological polar surface area (TPSA) is 117 Å². The van der Waals surface area contributed by atoms with Crippen molar-refractivity contribution in [2.75, 3.05) is 20.8 Å². The molecule has 1 aliphatic rings. The highest BCUT2D eigenvalue weighted by Crippen LogP contribution is 2.37. The molecule has 0 saturated heterocycles. The van der Waals surface area contributed by atoms with Gasteiger partial charge in [-0.05, 0) is 48.4 Å². The van der Waals surface area contributed by atoms with Crippen LogP contribution in [0.5, 0.6) is 11.5 Å². The van der Waals surface area contributed by atoms with Gasteiger partial charge in [0.05, 0.1) is 48.5 Å². The maximum Gasteiger partial charge on any atom is 0.338 e. The summed E-state index contributed by atoms with van der Waals surface area (Å²) >= 11 is 1.12. The predicted molar refractivity (Wildman–Crippen MR) is 133 cm³/mol. The van der Waals surface area contributed by atoms with Gasteiger partial charge in [0.1, 0.15) is 22.0 Å². The number of benzene rings is 2. The number of hydrogen-bond acceptors (Lipinski definition) is 8. The molecule has 0 bridgehead atoms. The van der Waals surface area contributed by atoms with Gasteiger partial charge in [-0.1, -0.05) is 24.3 Å². The molecule has 2 N–H and O–H groups in total. The van der Waals surface area contributed by atoms with E-state index in [2.05, 4.69) is 6.07 Å². The number of aromatic nitrogens is 1. The SMILES string of the molecule is CCOC(=O)C1=c2s/c(=C/c3cccc(OC)c3)c(=O)n2C(N)=C(C#N)C1c1cccc(OC)c1. The number of hydrogen-bond donors (Lipinski definition) is 1. The Morgan fingerprint density at radius 3 is 2.51 bits per heavy atom. The molecule has 178 valence electrons. The lowest BCUT2D eigenvalue weighted by atomic mass is 9.84. The fourth-order valence-corrected chi connectivity index (χ4v) is 5.16. The molecule has 0 fully saturated rings. The first-order valence-electron chi connectivity index (χ1n) is 10.8. The Bertz CT molecular complexity index is 1560. The Hall–Kier alpha value is -4.29. The zero-order chi connectivity index (χ0) is 25.1. The number of nitrogens with two attached hydrogens (primary N) is 1. The second kappa shape index (κ2) is 9.91. The van der Waals surface area contributed by atoms with Crippen molar-refractivity contribution in [1.29, 1.82) is 5.26 Å². The number of esters is 1. The van der Waals surface area contributed by atoms with Crippen LogP contribution in [0.2, 0.25) is 0 Å². The summed E-state index contributed by atoms with van der Waals surface area (Å²) in [5.74, 6) is -0.263. The predicted octanol–water partition coefficient (Wildman–Crippen LogP) is 1.92. The Morgan fingerprint density at radius 2 is 1.86 bits per heavy atom. The van der Waals surface area contributed by atoms with Gasteiger partial charge in [0, 0.05) is 0 Å². The third-order valence-electron chi connectivity index (χ3n) is 5.58. The Kier molecular flexibility index (Phi) is 6.75. The van der Waals surface area contributed by atoms with E-state index in [1.807, 2.05) is 12.1 Å². The van der Waals surface area contributed by atoms with Gasteiger partial charge in [-0.3, -0.25) is 9.36 Å². The van der Waals surface area contributed by atoms with E-state index in [1.165, 1.54) is 11.7 Å². The maximum absolute atomic E-state index is 13.4. The average Bonchev–Trinajstić information content (AvgIpc) is 3.19. The van der Waals surface area contributed by atoms with Gasteiger partial charge in [0.2, 0.25) is 0 Å². The maximum atomic E-state index is 13.4. The van der Waals surface area contributed by atoms with Crippen LogP contribution < -0.4 is 30.0 Å². The summed E-state index contributed by atoms with van der Waals surface area (Å²) in [6, 6.07) is 16.4. The third-order valence-corrected chi connectivity index (χ3v) is 6.69. The quantitative estimate of drug-likeness (QED) is 0.526. The first-order valence-corrected chi connectivity index (χ1v) is 11.6. The molecule has 9 heteroatoms. The molecule has 1 aromatic heterocycles. The molecular formula is C26H23N3O5S. The molecule has 8 nitrogen and oxygen atoms in total. The summed E-state index contributed by atoms with van der Waals surface area (Å²) in [7, 11) is 3.09. The molecule has 0 spiro atoms. The molecule has 1 aliphatic heterocycles. The van der Waals surface area contributed by atoms with Crippen LogP contribution in [0.3, 0.4) is 0 Å². The van der Waals surface area contributed by atoms with Gasteiger partial charge in [-0.2, -0.15) is 5.26 Å². The Morgan fingerprint density at radius 1 is 1.17 bits per heavy atom. The van der Waals surface area contributed by atoms with E-state index >= 15 is 0 Å². The number of ether oxygens (including phenoxy) is 3. The fraction of sp³-hybridized carbons (Fsp3) is 0.192. The number of carbonyl (C=O) groups is 1. The number of thiazole rings is 1. The van der Waals surface area contributed by atoms with Crippen molar-refractivity contribution >= 4 is 34.8 Å². The highest BCUT2D eigenvalue weighted by Gasteiger charge is 2.36. The van der Waals surface area contributed by atoms with Crippen LogP contribution in [-0.4, -0.2) is 31.4 Å². The van der Waals surface area contributed by atoms with Crippen LogP contribution in [0, 0.1) is 11.3 Å². The molecule has 1 atom stereocenters. The van der Waals surface area contributed by atoms with Gasteiger partial charge < -0.3 is 19.9 Å². The summed E-state index contributed by atoms with van der Waals surface area (Å²) in [4.78, 5) is 26.6. The second-order valence-corrected chi connectivity index (χ2v) is 8.62. The van der Waals surface area contributed by atoms with Crippen molar-refractivity contribution < 1.29 is 19.0 Å². The van der Waals surface area contributed by atoms with Crippen LogP contribution in [0.15, 0.2) is 58.9 Å². The van der Waals surface area contributed by atoms with Gasteiger partial charge in [-0.15, -0.1) is 11.3 Å². The highest BCUT2D eigenvalue weighted by molar-refractivity contribution is 7.07. The van der Waals surface area contributed by atoms with E-state index in [9.17, 15) is 14.9 Å². The van der Waals surface area contributed by atoms with Crippen molar-refractivity contribution in [1.82, 2.24) is 4.57 Å². The minimum Gasteiger partial charge on any atom is -0.497 e. The summed E-state index contributed by atoms with van der Waals surface area (Å²) in [5, 5.41) is 10.0. The van der Waals surface area contributed by atoms with Gasteiger partial charge in [0.15, 0.2) is 0 Å². The molecule has 2 aromatic carbocycles. The molecule has 0 amide bonds. The standard InChI is InChI=1S/C26H23N3O5S/c1-4-34-26(31)22-21(16-8-6-10-18(13-16)33-3)19(14-27)23(28)29-24(30)20(35-25(22)29)12-15-7-5-9-17(11-15)32-2/h5-13,21H,4,28H2,1-3H3/b20-12+. The van der Waals surface area contributed by atoms with E-state index in [-0.39, 0.29) is 23.6 Å². The molecule has 4 rings (SSSR count). The molecule has 1 unspecified atom stereocenters. The number of nitriles is 1. The van der Waals surface area contributed by atoms with Crippen LogP contribution >= 0.6 is 11.3 Å². The zero-order valence-electron chi connectivity index (χ0n) is 19.4. The molecule has 35 heavy (non-hydrogen) atoms.